The summed E-state index contributed by atoms with van der Waals surface area (Å²) < 4.78 is 14.2. The van der Waals surface area contributed by atoms with Gasteiger partial charge in [-0.3, -0.25) is 0 Å². The lowest BCUT2D eigenvalue weighted by Gasteiger charge is -2.03. The lowest BCUT2D eigenvalue weighted by Crippen LogP contribution is -1.88. The molecule has 14 heavy (non-hydrogen) atoms. The Bertz CT molecular complexity index is 437. The maximum atomic E-state index is 13.2. The molecule has 0 spiro atoms. The highest BCUT2D eigenvalue weighted by Crippen LogP contribution is 2.38. The zero-order chi connectivity index (χ0) is 10.1. The van der Waals surface area contributed by atoms with Crippen LogP contribution in [0.25, 0.3) is 0 Å². The SMILES string of the molecule is Fc1ccsc1C(Cl)c1ccc(Br)s1. The standard InChI is InChI=1S/C9H5BrClFS2/c10-7-2-1-6(14-7)8(11)9-5(12)3-4-13-9/h1-4,8H. The Morgan fingerprint density at radius 2 is 2.14 bits per heavy atom. The monoisotopic (exact) mass is 310 g/mol. The molecule has 2 aromatic heterocycles. The van der Waals surface area contributed by atoms with E-state index in [0.29, 0.717) is 4.88 Å². The normalized spacial score (nSPS) is 13.1. The molecule has 0 aliphatic heterocycles. The van der Waals surface area contributed by atoms with Crippen molar-refractivity contribution >= 4 is 50.2 Å². The highest BCUT2D eigenvalue weighted by atomic mass is 79.9. The quantitative estimate of drug-likeness (QED) is 0.682. The molecule has 0 fully saturated rings. The summed E-state index contributed by atoms with van der Waals surface area (Å²) in [5, 5.41) is 1.34. The van der Waals surface area contributed by atoms with Crippen molar-refractivity contribution in [2.24, 2.45) is 0 Å². The van der Waals surface area contributed by atoms with Gasteiger partial charge in [0.2, 0.25) is 0 Å². The molecule has 2 heterocycles. The largest absolute Gasteiger partial charge is 0.206 e. The van der Waals surface area contributed by atoms with Crippen LogP contribution in [0.4, 0.5) is 4.39 Å². The second kappa shape index (κ2) is 4.31. The molecule has 1 atom stereocenters. The molecule has 0 saturated carbocycles. The van der Waals surface area contributed by atoms with Crippen LogP contribution >= 0.6 is 50.2 Å². The molecular weight excluding hydrogens is 307 g/mol. The summed E-state index contributed by atoms with van der Waals surface area (Å²) in [6.07, 6.45) is 0. The van der Waals surface area contributed by atoms with E-state index in [9.17, 15) is 4.39 Å². The van der Waals surface area contributed by atoms with Gasteiger partial charge in [0.05, 0.1) is 8.66 Å². The molecule has 0 nitrogen and oxygen atoms in total. The second-order valence-corrected chi connectivity index (χ2v) is 6.52. The van der Waals surface area contributed by atoms with E-state index in [4.69, 9.17) is 11.6 Å². The predicted molar refractivity (Wildman–Crippen MR) is 64.0 cm³/mol. The first-order valence-corrected chi connectivity index (χ1v) is 6.73. The Morgan fingerprint density at radius 1 is 1.36 bits per heavy atom. The van der Waals surface area contributed by atoms with E-state index in [1.807, 2.05) is 12.1 Å². The van der Waals surface area contributed by atoms with E-state index in [1.54, 1.807) is 5.38 Å². The topological polar surface area (TPSA) is 0 Å². The molecule has 0 radical (unpaired) electrons. The van der Waals surface area contributed by atoms with Crippen molar-refractivity contribution < 1.29 is 4.39 Å². The van der Waals surface area contributed by atoms with Gasteiger partial charge in [0.1, 0.15) is 11.2 Å². The second-order valence-electron chi connectivity index (χ2n) is 2.64. The van der Waals surface area contributed by atoms with E-state index in [-0.39, 0.29) is 11.2 Å². The lowest BCUT2D eigenvalue weighted by atomic mass is 10.3. The maximum absolute atomic E-state index is 13.2. The zero-order valence-corrected chi connectivity index (χ0v) is 10.8. The molecule has 74 valence electrons. The van der Waals surface area contributed by atoms with Gasteiger partial charge >= 0.3 is 0 Å². The van der Waals surface area contributed by atoms with Crippen LogP contribution in [0.15, 0.2) is 27.4 Å². The van der Waals surface area contributed by atoms with Crippen LogP contribution in [0, 0.1) is 5.82 Å². The Labute approximate surface area is 102 Å². The molecule has 1 unspecified atom stereocenters. The van der Waals surface area contributed by atoms with E-state index in [0.717, 1.165) is 8.66 Å². The van der Waals surface area contributed by atoms with Crippen LogP contribution in [0.2, 0.25) is 0 Å². The molecule has 5 heteroatoms. The number of rotatable bonds is 2. The average molecular weight is 312 g/mol. The van der Waals surface area contributed by atoms with Crippen molar-refractivity contribution in [1.82, 2.24) is 0 Å². The van der Waals surface area contributed by atoms with E-state index in [1.165, 1.54) is 28.7 Å². The summed E-state index contributed by atoms with van der Waals surface area (Å²) in [6, 6.07) is 5.27. The molecule has 2 aromatic rings. The van der Waals surface area contributed by atoms with Gasteiger partial charge in [-0.25, -0.2) is 4.39 Å². The lowest BCUT2D eigenvalue weighted by molar-refractivity contribution is 0.621. The van der Waals surface area contributed by atoms with Crippen LogP contribution in [-0.2, 0) is 0 Å². The van der Waals surface area contributed by atoms with Crippen molar-refractivity contribution in [3.05, 3.63) is 42.9 Å². The molecule has 0 aliphatic carbocycles. The fraction of sp³-hybridized carbons (Fsp3) is 0.111. The van der Waals surface area contributed by atoms with Gasteiger partial charge in [0, 0.05) is 4.88 Å². The first kappa shape index (κ1) is 10.6. The summed E-state index contributed by atoms with van der Waals surface area (Å²) >= 11 is 12.4. The van der Waals surface area contributed by atoms with Crippen molar-refractivity contribution in [3.8, 4) is 0 Å². The van der Waals surface area contributed by atoms with Crippen LogP contribution < -0.4 is 0 Å². The first-order chi connectivity index (χ1) is 6.68. The van der Waals surface area contributed by atoms with Crippen LogP contribution in [-0.4, -0.2) is 0 Å². The van der Waals surface area contributed by atoms with Crippen molar-refractivity contribution in [1.29, 1.82) is 0 Å². The highest BCUT2D eigenvalue weighted by Gasteiger charge is 2.18. The minimum absolute atomic E-state index is 0.223. The molecule has 0 N–H and O–H groups in total. The number of hydrogen-bond acceptors (Lipinski definition) is 2. The zero-order valence-electron chi connectivity index (χ0n) is 6.84. The van der Waals surface area contributed by atoms with Gasteiger partial charge in [0.25, 0.3) is 0 Å². The minimum atomic E-state index is -0.369. The fourth-order valence-corrected chi connectivity index (χ4v) is 3.79. The summed E-state index contributed by atoms with van der Waals surface area (Å²) in [5.41, 5.74) is 0. The fourth-order valence-electron chi connectivity index (χ4n) is 1.08. The van der Waals surface area contributed by atoms with Gasteiger partial charge in [0.15, 0.2) is 0 Å². The van der Waals surface area contributed by atoms with E-state index >= 15 is 0 Å². The molecule has 0 amide bonds. The van der Waals surface area contributed by atoms with E-state index in [2.05, 4.69) is 15.9 Å². The minimum Gasteiger partial charge on any atom is -0.206 e. The van der Waals surface area contributed by atoms with E-state index < -0.39 is 0 Å². The maximum Gasteiger partial charge on any atom is 0.138 e. The Balaban J connectivity index is 2.33. The number of thiophene rings is 2. The third kappa shape index (κ3) is 2.03. The first-order valence-electron chi connectivity index (χ1n) is 3.80. The van der Waals surface area contributed by atoms with Gasteiger partial charge in [-0.05, 0) is 39.5 Å². The number of alkyl halides is 1. The molecule has 2 rings (SSSR count). The van der Waals surface area contributed by atoms with Crippen molar-refractivity contribution in [3.63, 3.8) is 0 Å². The van der Waals surface area contributed by atoms with Crippen LogP contribution in [0.3, 0.4) is 0 Å². The summed E-state index contributed by atoms with van der Waals surface area (Å²) in [6.45, 7) is 0. The third-order valence-corrected chi connectivity index (χ3v) is 5.08. The Kier molecular flexibility index (Phi) is 3.27. The summed E-state index contributed by atoms with van der Waals surface area (Å²) in [7, 11) is 0. The average Bonchev–Trinajstić information content (AvgIpc) is 2.73. The smallest absolute Gasteiger partial charge is 0.138 e. The number of halogens is 3. The molecule has 0 bridgehead atoms. The predicted octanol–water partition coefficient (Wildman–Crippen LogP) is 5.04. The van der Waals surface area contributed by atoms with Crippen molar-refractivity contribution in [2.45, 2.75) is 5.38 Å². The van der Waals surface area contributed by atoms with Crippen LogP contribution in [0.5, 0.6) is 0 Å². The Hall–Kier alpha value is 0.1000. The highest BCUT2D eigenvalue weighted by molar-refractivity contribution is 9.11. The molecule has 0 aliphatic rings. The Morgan fingerprint density at radius 3 is 2.64 bits per heavy atom. The summed E-state index contributed by atoms with van der Waals surface area (Å²) in [5.74, 6) is -0.223. The van der Waals surface area contributed by atoms with Crippen LogP contribution in [0.1, 0.15) is 15.1 Å². The molecule has 0 saturated heterocycles. The van der Waals surface area contributed by atoms with Crippen molar-refractivity contribution in [2.75, 3.05) is 0 Å². The number of hydrogen-bond donors (Lipinski definition) is 0. The van der Waals surface area contributed by atoms with Gasteiger partial charge in [-0.15, -0.1) is 34.3 Å². The molecular formula is C9H5BrClFS2. The van der Waals surface area contributed by atoms with Gasteiger partial charge in [-0.2, -0.15) is 0 Å². The summed E-state index contributed by atoms with van der Waals surface area (Å²) in [4.78, 5) is 1.54. The van der Waals surface area contributed by atoms with Gasteiger partial charge < -0.3 is 0 Å². The van der Waals surface area contributed by atoms with Gasteiger partial charge in [-0.1, -0.05) is 0 Å². The molecule has 0 aromatic carbocycles. The third-order valence-electron chi connectivity index (χ3n) is 1.72.